The lowest BCUT2D eigenvalue weighted by Crippen LogP contribution is -2.56. The Bertz CT molecular complexity index is 1620. The number of benzene rings is 4. The van der Waals surface area contributed by atoms with Gasteiger partial charge in [0.1, 0.15) is 18.3 Å². The highest BCUT2D eigenvalue weighted by Crippen LogP contribution is 2.41. The Kier molecular flexibility index (Phi) is 5.94. The molecule has 0 amide bonds. The first-order chi connectivity index (χ1) is 18.0. The van der Waals surface area contributed by atoms with Crippen LogP contribution in [-0.4, -0.2) is 22.5 Å². The van der Waals surface area contributed by atoms with E-state index in [1.54, 1.807) is 16.4 Å². The van der Waals surface area contributed by atoms with Crippen LogP contribution in [0.25, 0.3) is 5.69 Å². The number of hydrogen-bond donors (Lipinski definition) is 0. The van der Waals surface area contributed by atoms with E-state index in [0.29, 0.717) is 5.82 Å². The summed E-state index contributed by atoms with van der Waals surface area (Å²) >= 11 is 0. The van der Waals surface area contributed by atoms with Crippen molar-refractivity contribution in [3.05, 3.63) is 144 Å². The molecule has 0 N–H and O–H groups in total. The fourth-order valence-corrected chi connectivity index (χ4v) is 6.63. The molecule has 2 heterocycles. The molecule has 184 valence electrons. The van der Waals surface area contributed by atoms with Crippen LogP contribution in [0, 0.1) is 6.92 Å². The molecule has 6 rings (SSSR count). The van der Waals surface area contributed by atoms with E-state index < -0.39 is 16.1 Å². The van der Waals surface area contributed by atoms with Gasteiger partial charge in [0, 0.05) is 5.10 Å². The Morgan fingerprint density at radius 2 is 1.32 bits per heavy atom. The molecule has 1 aliphatic rings. The van der Waals surface area contributed by atoms with Gasteiger partial charge < -0.3 is 0 Å². The maximum atomic E-state index is 14.2. The molecule has 7 heteroatoms. The third kappa shape index (κ3) is 4.26. The Hall–Kier alpha value is -4.07. The van der Waals surface area contributed by atoms with E-state index in [0.717, 1.165) is 22.4 Å². The first kappa shape index (κ1) is 23.3. The van der Waals surface area contributed by atoms with Gasteiger partial charge in [-0.2, -0.15) is 4.31 Å². The topological polar surface area (TPSA) is 59.1 Å². The van der Waals surface area contributed by atoms with E-state index in [1.165, 1.54) is 0 Å². The highest BCUT2D eigenvalue weighted by atomic mass is 32.2. The third-order valence-corrected chi connectivity index (χ3v) is 8.73. The summed E-state index contributed by atoms with van der Waals surface area (Å²) in [6.07, 6.45) is 1.98. The molecule has 0 spiro atoms. The van der Waals surface area contributed by atoms with Gasteiger partial charge in [-0.25, -0.2) is 13.0 Å². The summed E-state index contributed by atoms with van der Waals surface area (Å²) in [4.78, 5) is 0.279. The molecular formula is C30H27N4O2S+. The minimum absolute atomic E-state index is 0.152. The zero-order chi connectivity index (χ0) is 25.4. The van der Waals surface area contributed by atoms with Crippen LogP contribution in [0.4, 0.5) is 0 Å². The first-order valence-electron chi connectivity index (χ1n) is 12.3. The molecule has 0 radical (unpaired) electrons. The molecule has 6 nitrogen and oxygen atoms in total. The molecule has 0 fully saturated rings. The number of rotatable bonds is 5. The number of aromatic nitrogens is 3. The molecule has 0 bridgehead atoms. The Balaban J connectivity index is 1.59. The zero-order valence-electron chi connectivity index (χ0n) is 20.4. The van der Waals surface area contributed by atoms with Crippen LogP contribution in [0.1, 0.15) is 34.6 Å². The maximum absolute atomic E-state index is 14.2. The first-order valence-corrected chi connectivity index (χ1v) is 13.7. The second kappa shape index (κ2) is 9.42. The van der Waals surface area contributed by atoms with Gasteiger partial charge in [0.05, 0.1) is 10.9 Å². The minimum Gasteiger partial charge on any atom is -0.224 e. The molecule has 0 aliphatic carbocycles. The molecule has 1 aromatic heterocycles. The van der Waals surface area contributed by atoms with E-state index in [9.17, 15) is 8.42 Å². The average molecular weight is 508 g/mol. The van der Waals surface area contributed by atoms with Crippen LogP contribution in [0.5, 0.6) is 0 Å². The SMILES string of the molecule is Cc1ccc(S(=O)(=O)N2Cc3nn(-c4ccccc4)c[n+]3[C@H](c3ccccc3)[C@H]2c2ccccc2)cc1. The van der Waals surface area contributed by atoms with Crippen molar-refractivity contribution in [3.63, 3.8) is 0 Å². The maximum Gasteiger partial charge on any atom is 0.293 e. The summed E-state index contributed by atoms with van der Waals surface area (Å²) in [6.45, 7) is 2.10. The summed E-state index contributed by atoms with van der Waals surface area (Å²) in [7, 11) is -3.84. The van der Waals surface area contributed by atoms with Crippen molar-refractivity contribution in [1.29, 1.82) is 0 Å². The molecule has 37 heavy (non-hydrogen) atoms. The van der Waals surface area contributed by atoms with Crippen LogP contribution in [-0.2, 0) is 16.6 Å². The highest BCUT2D eigenvalue weighted by molar-refractivity contribution is 7.89. The quantitative estimate of drug-likeness (QED) is 0.315. The lowest BCUT2D eigenvalue weighted by atomic mass is 9.91. The summed E-state index contributed by atoms with van der Waals surface area (Å²) in [5, 5.41) is 4.87. The van der Waals surface area contributed by atoms with Crippen LogP contribution in [0.2, 0.25) is 0 Å². The molecule has 4 aromatic carbocycles. The zero-order valence-corrected chi connectivity index (χ0v) is 21.2. The summed E-state index contributed by atoms with van der Waals surface area (Å²) in [5.41, 5.74) is 3.87. The summed E-state index contributed by atoms with van der Waals surface area (Å²) in [6, 6.07) is 36.1. The van der Waals surface area contributed by atoms with Crippen molar-refractivity contribution >= 4 is 10.0 Å². The fourth-order valence-electron chi connectivity index (χ4n) is 5.06. The van der Waals surface area contributed by atoms with Crippen molar-refractivity contribution in [2.75, 3.05) is 0 Å². The van der Waals surface area contributed by atoms with Crippen molar-refractivity contribution in [2.24, 2.45) is 0 Å². The van der Waals surface area contributed by atoms with Crippen LogP contribution < -0.4 is 4.57 Å². The minimum atomic E-state index is -3.84. The molecule has 0 saturated heterocycles. The van der Waals surface area contributed by atoms with Crippen molar-refractivity contribution in [1.82, 2.24) is 14.1 Å². The monoisotopic (exact) mass is 507 g/mol. The van der Waals surface area contributed by atoms with E-state index in [-0.39, 0.29) is 17.5 Å². The van der Waals surface area contributed by atoms with Gasteiger partial charge in [0.2, 0.25) is 16.4 Å². The molecule has 2 atom stereocenters. The van der Waals surface area contributed by atoms with E-state index in [2.05, 4.69) is 16.7 Å². The smallest absolute Gasteiger partial charge is 0.224 e. The molecule has 5 aromatic rings. The fraction of sp³-hybridized carbons (Fsp3) is 0.133. The van der Waals surface area contributed by atoms with Gasteiger partial charge in [-0.15, -0.1) is 0 Å². The predicted octanol–water partition coefficient (Wildman–Crippen LogP) is 5.00. The van der Waals surface area contributed by atoms with Gasteiger partial charge in [-0.3, -0.25) is 0 Å². The van der Waals surface area contributed by atoms with Gasteiger partial charge in [0.25, 0.3) is 5.82 Å². The lowest BCUT2D eigenvalue weighted by molar-refractivity contribution is -0.734. The second-order valence-corrected chi connectivity index (χ2v) is 11.2. The average Bonchev–Trinajstić information content (AvgIpc) is 3.38. The van der Waals surface area contributed by atoms with Crippen LogP contribution >= 0.6 is 0 Å². The van der Waals surface area contributed by atoms with Gasteiger partial charge in [0.15, 0.2) is 0 Å². The molecule has 1 aliphatic heterocycles. The number of hydrogen-bond acceptors (Lipinski definition) is 3. The van der Waals surface area contributed by atoms with Crippen LogP contribution in [0.15, 0.2) is 126 Å². The number of para-hydroxylation sites is 1. The van der Waals surface area contributed by atoms with Crippen molar-refractivity contribution < 1.29 is 13.0 Å². The van der Waals surface area contributed by atoms with E-state index >= 15 is 0 Å². The Morgan fingerprint density at radius 1 is 0.757 bits per heavy atom. The summed E-state index contributed by atoms with van der Waals surface area (Å²) in [5.74, 6) is 0.681. The van der Waals surface area contributed by atoms with Gasteiger partial charge >= 0.3 is 0 Å². The molecule has 0 saturated carbocycles. The molecule has 0 unspecified atom stereocenters. The third-order valence-electron chi connectivity index (χ3n) is 6.89. The van der Waals surface area contributed by atoms with Crippen molar-refractivity contribution in [2.45, 2.75) is 30.4 Å². The normalized spacial score (nSPS) is 17.9. The number of fused-ring (bicyclic) bond motifs is 1. The lowest BCUT2D eigenvalue weighted by Gasteiger charge is -2.38. The Labute approximate surface area is 217 Å². The number of aryl methyl sites for hydroxylation is 1. The standard InChI is InChI=1S/C30H27N4O2S/c1-23-17-19-27(20-18-23)37(35,36)34-21-28-31-33(26-15-9-4-10-16-26)22-32(28)29(24-11-5-2-6-12-24)30(34)25-13-7-3-8-14-25/h2-20,22,29-30H,21H2,1H3/q+1/t29-,30-/m1/s1. The predicted molar refractivity (Wildman–Crippen MR) is 141 cm³/mol. The second-order valence-electron chi connectivity index (χ2n) is 9.29. The van der Waals surface area contributed by atoms with E-state index in [1.807, 2.05) is 109 Å². The largest absolute Gasteiger partial charge is 0.293 e. The number of sulfonamides is 1. The van der Waals surface area contributed by atoms with Crippen molar-refractivity contribution in [3.8, 4) is 5.69 Å². The molecular weight excluding hydrogens is 480 g/mol. The van der Waals surface area contributed by atoms with E-state index in [4.69, 9.17) is 5.10 Å². The Morgan fingerprint density at radius 3 is 1.95 bits per heavy atom. The number of nitrogens with zero attached hydrogens (tertiary/aromatic N) is 4. The highest BCUT2D eigenvalue weighted by Gasteiger charge is 2.47. The summed E-state index contributed by atoms with van der Waals surface area (Å²) < 4.78 is 34.0. The van der Waals surface area contributed by atoms with Gasteiger partial charge in [-0.1, -0.05) is 101 Å². The van der Waals surface area contributed by atoms with Crippen LogP contribution in [0.3, 0.4) is 0 Å². The van der Waals surface area contributed by atoms with Gasteiger partial charge in [-0.05, 0) is 42.3 Å².